The van der Waals surface area contributed by atoms with Gasteiger partial charge in [0.05, 0.1) is 25.8 Å². The van der Waals surface area contributed by atoms with Gasteiger partial charge >= 0.3 is 5.97 Å². The average Bonchev–Trinajstić information content (AvgIpc) is 2.67. The van der Waals surface area contributed by atoms with Crippen molar-refractivity contribution in [2.75, 3.05) is 20.3 Å². The maximum absolute atomic E-state index is 12.0. The molecule has 0 radical (unpaired) electrons. The Balaban J connectivity index is 2.22. The van der Waals surface area contributed by atoms with Crippen molar-refractivity contribution in [3.05, 3.63) is 34.8 Å². The van der Waals surface area contributed by atoms with Crippen molar-refractivity contribution in [2.24, 2.45) is 0 Å². The number of methoxy groups -OCH3 is 1. The van der Waals surface area contributed by atoms with Crippen molar-refractivity contribution in [3.8, 4) is 0 Å². The van der Waals surface area contributed by atoms with E-state index in [0.29, 0.717) is 23.6 Å². The highest BCUT2D eigenvalue weighted by atomic mass is 79.9. The van der Waals surface area contributed by atoms with Crippen LogP contribution in [-0.2, 0) is 19.7 Å². The maximum atomic E-state index is 12.0. The van der Waals surface area contributed by atoms with Crippen molar-refractivity contribution in [2.45, 2.75) is 5.41 Å². The molecule has 0 bridgehead atoms. The highest BCUT2D eigenvalue weighted by Crippen LogP contribution is 2.35. The summed E-state index contributed by atoms with van der Waals surface area (Å²) in [4.78, 5) is 16.5. The summed E-state index contributed by atoms with van der Waals surface area (Å²) in [6.07, 6.45) is 1.88. The molecule has 6 heteroatoms. The Labute approximate surface area is 112 Å². The third kappa shape index (κ3) is 1.42. The number of halogens is 1. The molecule has 1 saturated heterocycles. The number of carbonyl (C=O) groups excluding carboxylic acids is 1. The van der Waals surface area contributed by atoms with Gasteiger partial charge in [0.25, 0.3) is 0 Å². The lowest BCUT2D eigenvalue weighted by Gasteiger charge is -2.37. The summed E-state index contributed by atoms with van der Waals surface area (Å²) in [5.74, 6) is 0.347. The summed E-state index contributed by atoms with van der Waals surface area (Å²) in [5.41, 5.74) is 0.132. The first kappa shape index (κ1) is 11.7. The van der Waals surface area contributed by atoms with E-state index in [4.69, 9.17) is 9.47 Å². The second-order valence-electron chi connectivity index (χ2n) is 4.25. The van der Waals surface area contributed by atoms with Crippen LogP contribution in [0.15, 0.2) is 29.0 Å². The van der Waals surface area contributed by atoms with Gasteiger partial charge in [-0.2, -0.15) is 0 Å². The lowest BCUT2D eigenvalue weighted by atomic mass is 9.85. The smallest absolute Gasteiger partial charge is 0.324 e. The molecule has 5 nitrogen and oxygen atoms in total. The van der Waals surface area contributed by atoms with E-state index in [0.717, 1.165) is 5.52 Å². The number of hydrogen-bond donors (Lipinski definition) is 0. The molecule has 2 aromatic rings. The van der Waals surface area contributed by atoms with Crippen LogP contribution in [-0.4, -0.2) is 35.7 Å². The molecule has 0 saturated carbocycles. The molecule has 0 amide bonds. The minimum atomic E-state index is -0.787. The van der Waals surface area contributed by atoms with E-state index in [1.54, 1.807) is 0 Å². The van der Waals surface area contributed by atoms with E-state index in [1.807, 2.05) is 28.8 Å². The number of fused-ring (bicyclic) bond motifs is 1. The minimum Gasteiger partial charge on any atom is -0.468 e. The third-order valence-electron chi connectivity index (χ3n) is 3.20. The quantitative estimate of drug-likeness (QED) is 0.790. The minimum absolute atomic E-state index is 0.306. The van der Waals surface area contributed by atoms with Crippen LogP contribution in [0.2, 0.25) is 0 Å². The van der Waals surface area contributed by atoms with Crippen LogP contribution < -0.4 is 0 Å². The number of carbonyl (C=O) groups is 1. The van der Waals surface area contributed by atoms with E-state index >= 15 is 0 Å². The third-order valence-corrected chi connectivity index (χ3v) is 3.79. The zero-order valence-corrected chi connectivity index (χ0v) is 11.3. The van der Waals surface area contributed by atoms with Crippen LogP contribution >= 0.6 is 15.9 Å². The normalized spacial score (nSPS) is 17.4. The first-order chi connectivity index (χ1) is 8.69. The summed E-state index contributed by atoms with van der Waals surface area (Å²) >= 11 is 3.41. The Morgan fingerprint density at radius 1 is 1.56 bits per heavy atom. The summed E-state index contributed by atoms with van der Waals surface area (Å²) in [5, 5.41) is 0. The predicted molar refractivity (Wildman–Crippen MR) is 67.4 cm³/mol. The van der Waals surface area contributed by atoms with Crippen LogP contribution in [0, 0.1) is 0 Å². The Morgan fingerprint density at radius 2 is 2.33 bits per heavy atom. The van der Waals surface area contributed by atoms with Gasteiger partial charge in [-0.05, 0) is 28.1 Å². The van der Waals surface area contributed by atoms with Gasteiger partial charge in [0, 0.05) is 6.20 Å². The Bertz CT molecular complexity index is 619. The molecule has 1 fully saturated rings. The number of nitrogens with zero attached hydrogens (tertiary/aromatic N) is 2. The van der Waals surface area contributed by atoms with E-state index in [9.17, 15) is 4.79 Å². The van der Waals surface area contributed by atoms with Crippen molar-refractivity contribution in [1.29, 1.82) is 0 Å². The number of imidazole rings is 1. The van der Waals surface area contributed by atoms with Crippen LogP contribution in [0.4, 0.5) is 0 Å². The molecule has 0 atom stereocenters. The Kier molecular flexibility index (Phi) is 2.64. The van der Waals surface area contributed by atoms with Crippen LogP contribution in [0.5, 0.6) is 0 Å². The van der Waals surface area contributed by atoms with Gasteiger partial charge in [-0.1, -0.05) is 6.07 Å². The lowest BCUT2D eigenvalue weighted by molar-refractivity contribution is -0.167. The zero-order chi connectivity index (χ0) is 12.8. The zero-order valence-electron chi connectivity index (χ0n) is 9.72. The van der Waals surface area contributed by atoms with Crippen LogP contribution in [0.1, 0.15) is 5.82 Å². The van der Waals surface area contributed by atoms with Gasteiger partial charge in [-0.15, -0.1) is 0 Å². The molecular formula is C12H11BrN2O3. The molecule has 94 valence electrons. The number of rotatable bonds is 2. The SMILES string of the molecule is COC(=O)C1(c2nc(Br)c3ccccn23)COC1. The molecule has 0 unspecified atom stereocenters. The standard InChI is InChI=1S/C12H11BrN2O3/c1-17-11(16)12(6-18-7-12)10-14-9(13)8-4-2-3-5-15(8)10/h2-5H,6-7H2,1H3. The van der Waals surface area contributed by atoms with Crippen molar-refractivity contribution < 1.29 is 14.3 Å². The molecule has 2 aromatic heterocycles. The predicted octanol–water partition coefficient (Wildman–Crippen LogP) is 1.54. The van der Waals surface area contributed by atoms with E-state index in [2.05, 4.69) is 20.9 Å². The summed E-state index contributed by atoms with van der Waals surface area (Å²) in [6.45, 7) is 0.611. The van der Waals surface area contributed by atoms with E-state index in [1.165, 1.54) is 7.11 Å². The molecule has 3 heterocycles. The van der Waals surface area contributed by atoms with Gasteiger partial charge in [0.2, 0.25) is 0 Å². The van der Waals surface area contributed by atoms with Gasteiger partial charge < -0.3 is 13.9 Å². The number of esters is 1. The number of pyridine rings is 1. The highest BCUT2D eigenvalue weighted by Gasteiger charge is 2.52. The first-order valence-electron chi connectivity index (χ1n) is 5.48. The highest BCUT2D eigenvalue weighted by molar-refractivity contribution is 9.10. The largest absolute Gasteiger partial charge is 0.468 e. The first-order valence-corrected chi connectivity index (χ1v) is 6.27. The summed E-state index contributed by atoms with van der Waals surface area (Å²) in [7, 11) is 1.38. The Hall–Kier alpha value is -1.40. The second-order valence-corrected chi connectivity index (χ2v) is 5.00. The lowest BCUT2D eigenvalue weighted by Crippen LogP contribution is -2.54. The van der Waals surface area contributed by atoms with Crippen molar-refractivity contribution >= 4 is 27.4 Å². The fourth-order valence-corrected chi connectivity index (χ4v) is 2.67. The molecule has 0 N–H and O–H groups in total. The fraction of sp³-hybridized carbons (Fsp3) is 0.333. The van der Waals surface area contributed by atoms with Crippen LogP contribution in [0.3, 0.4) is 0 Å². The van der Waals surface area contributed by atoms with Gasteiger partial charge in [0.1, 0.15) is 10.4 Å². The van der Waals surface area contributed by atoms with Gasteiger partial charge in [-0.3, -0.25) is 4.79 Å². The fourth-order valence-electron chi connectivity index (χ4n) is 2.18. The monoisotopic (exact) mass is 310 g/mol. The molecule has 0 aromatic carbocycles. The number of hydrogen-bond acceptors (Lipinski definition) is 4. The topological polar surface area (TPSA) is 52.8 Å². The van der Waals surface area contributed by atoms with Crippen molar-refractivity contribution in [3.63, 3.8) is 0 Å². The maximum Gasteiger partial charge on any atom is 0.324 e. The average molecular weight is 311 g/mol. The van der Waals surface area contributed by atoms with E-state index in [-0.39, 0.29) is 5.97 Å². The van der Waals surface area contributed by atoms with Crippen LogP contribution in [0.25, 0.3) is 5.52 Å². The molecular weight excluding hydrogens is 300 g/mol. The number of ether oxygens (including phenoxy) is 2. The summed E-state index contributed by atoms with van der Waals surface area (Å²) < 4.78 is 12.7. The van der Waals surface area contributed by atoms with E-state index < -0.39 is 5.41 Å². The number of aromatic nitrogens is 2. The van der Waals surface area contributed by atoms with Crippen molar-refractivity contribution in [1.82, 2.24) is 9.38 Å². The molecule has 1 aliphatic rings. The summed E-state index contributed by atoms with van der Waals surface area (Å²) in [6, 6.07) is 5.76. The molecule has 1 aliphatic heterocycles. The molecule has 0 spiro atoms. The Morgan fingerprint density at radius 3 is 2.94 bits per heavy atom. The molecule has 0 aliphatic carbocycles. The molecule has 3 rings (SSSR count). The second kappa shape index (κ2) is 4.07. The van der Waals surface area contributed by atoms with Gasteiger partial charge in [0.15, 0.2) is 5.41 Å². The molecule has 18 heavy (non-hydrogen) atoms. The van der Waals surface area contributed by atoms with Gasteiger partial charge in [-0.25, -0.2) is 4.98 Å².